The standard InChI is InChI=1S/C14H20BrNO/c1-4-7-17-10-13-6-5-12(8-14(13)15)9-16-11(2)3/h4-6,8,11,16H,1,7,9-10H2,2-3H3. The van der Waals surface area contributed by atoms with Gasteiger partial charge in [-0.3, -0.25) is 0 Å². The number of nitrogens with one attached hydrogen (secondary N) is 1. The first kappa shape index (κ1) is 14.4. The maximum absolute atomic E-state index is 5.42. The SMILES string of the molecule is C=CCOCc1ccc(CNC(C)C)cc1Br. The molecule has 0 bridgehead atoms. The average molecular weight is 298 g/mol. The number of benzene rings is 1. The second-order valence-corrected chi connectivity index (χ2v) is 5.12. The predicted octanol–water partition coefficient (Wildman–Crippen LogP) is 3.65. The maximum Gasteiger partial charge on any atom is 0.0732 e. The molecule has 2 nitrogen and oxygen atoms in total. The molecule has 17 heavy (non-hydrogen) atoms. The van der Waals surface area contributed by atoms with Crippen molar-refractivity contribution in [1.82, 2.24) is 5.32 Å². The van der Waals surface area contributed by atoms with E-state index in [1.165, 1.54) is 11.1 Å². The number of rotatable bonds is 7. The molecule has 0 heterocycles. The van der Waals surface area contributed by atoms with Gasteiger partial charge in [0.05, 0.1) is 13.2 Å². The lowest BCUT2D eigenvalue weighted by Crippen LogP contribution is -2.21. The lowest BCUT2D eigenvalue weighted by molar-refractivity contribution is 0.148. The molecule has 1 aromatic rings. The summed E-state index contributed by atoms with van der Waals surface area (Å²) in [4.78, 5) is 0. The van der Waals surface area contributed by atoms with Gasteiger partial charge in [-0.1, -0.05) is 48.0 Å². The van der Waals surface area contributed by atoms with E-state index in [2.05, 4.69) is 59.9 Å². The topological polar surface area (TPSA) is 21.3 Å². The van der Waals surface area contributed by atoms with Crippen molar-refractivity contribution in [2.75, 3.05) is 6.61 Å². The zero-order valence-electron chi connectivity index (χ0n) is 10.5. The number of hydrogen-bond donors (Lipinski definition) is 1. The Hall–Kier alpha value is -0.640. The molecule has 0 saturated heterocycles. The van der Waals surface area contributed by atoms with Gasteiger partial charge in [0, 0.05) is 17.1 Å². The molecular weight excluding hydrogens is 278 g/mol. The molecule has 0 aliphatic carbocycles. The Kier molecular flexibility index (Phi) is 6.48. The average Bonchev–Trinajstić information content (AvgIpc) is 2.29. The van der Waals surface area contributed by atoms with Crippen LogP contribution in [0.25, 0.3) is 0 Å². The van der Waals surface area contributed by atoms with Crippen LogP contribution in [0.1, 0.15) is 25.0 Å². The van der Waals surface area contributed by atoms with Crippen molar-refractivity contribution in [3.63, 3.8) is 0 Å². The van der Waals surface area contributed by atoms with E-state index < -0.39 is 0 Å². The minimum absolute atomic E-state index is 0.504. The van der Waals surface area contributed by atoms with Gasteiger partial charge in [-0.2, -0.15) is 0 Å². The van der Waals surface area contributed by atoms with Gasteiger partial charge in [-0.15, -0.1) is 6.58 Å². The van der Waals surface area contributed by atoms with Crippen molar-refractivity contribution >= 4 is 15.9 Å². The Morgan fingerprint density at radius 1 is 1.47 bits per heavy atom. The molecule has 0 fully saturated rings. The first-order chi connectivity index (χ1) is 8.13. The molecule has 0 radical (unpaired) electrons. The van der Waals surface area contributed by atoms with Crippen molar-refractivity contribution in [2.45, 2.75) is 33.0 Å². The highest BCUT2D eigenvalue weighted by molar-refractivity contribution is 9.10. The largest absolute Gasteiger partial charge is 0.373 e. The van der Waals surface area contributed by atoms with Crippen LogP contribution in [0, 0.1) is 0 Å². The fraction of sp³-hybridized carbons (Fsp3) is 0.429. The third-order valence-electron chi connectivity index (χ3n) is 2.33. The maximum atomic E-state index is 5.42. The summed E-state index contributed by atoms with van der Waals surface area (Å²) >= 11 is 3.57. The van der Waals surface area contributed by atoms with Crippen LogP contribution in [0.15, 0.2) is 35.3 Å². The molecule has 1 aromatic carbocycles. The van der Waals surface area contributed by atoms with Crippen molar-refractivity contribution in [3.05, 3.63) is 46.5 Å². The Morgan fingerprint density at radius 3 is 2.82 bits per heavy atom. The minimum atomic E-state index is 0.504. The summed E-state index contributed by atoms with van der Waals surface area (Å²) in [6.07, 6.45) is 1.76. The molecule has 0 aromatic heterocycles. The van der Waals surface area contributed by atoms with E-state index in [0.29, 0.717) is 19.3 Å². The lowest BCUT2D eigenvalue weighted by Gasteiger charge is -2.10. The fourth-order valence-corrected chi connectivity index (χ4v) is 1.93. The van der Waals surface area contributed by atoms with Gasteiger partial charge >= 0.3 is 0 Å². The Balaban J connectivity index is 2.56. The minimum Gasteiger partial charge on any atom is -0.373 e. The number of halogens is 1. The second kappa shape index (κ2) is 7.64. The normalized spacial score (nSPS) is 10.8. The third kappa shape index (κ3) is 5.48. The first-order valence-electron chi connectivity index (χ1n) is 5.82. The van der Waals surface area contributed by atoms with Crippen LogP contribution in [0.4, 0.5) is 0 Å². The van der Waals surface area contributed by atoms with Crippen LogP contribution < -0.4 is 5.32 Å². The summed E-state index contributed by atoms with van der Waals surface area (Å²) in [7, 11) is 0. The van der Waals surface area contributed by atoms with Crippen molar-refractivity contribution < 1.29 is 4.74 Å². The van der Waals surface area contributed by atoms with E-state index in [-0.39, 0.29) is 0 Å². The molecule has 1 rings (SSSR count). The summed E-state index contributed by atoms with van der Waals surface area (Å²) in [5, 5.41) is 3.40. The molecule has 0 aliphatic rings. The van der Waals surface area contributed by atoms with Crippen molar-refractivity contribution in [2.24, 2.45) is 0 Å². The van der Waals surface area contributed by atoms with Gasteiger partial charge in [0.25, 0.3) is 0 Å². The Morgan fingerprint density at radius 2 is 2.24 bits per heavy atom. The van der Waals surface area contributed by atoms with Gasteiger partial charge in [-0.25, -0.2) is 0 Å². The number of hydrogen-bond acceptors (Lipinski definition) is 2. The van der Waals surface area contributed by atoms with Gasteiger partial charge in [0.1, 0.15) is 0 Å². The molecule has 1 N–H and O–H groups in total. The van der Waals surface area contributed by atoms with E-state index >= 15 is 0 Å². The van der Waals surface area contributed by atoms with E-state index in [4.69, 9.17) is 4.74 Å². The molecule has 0 atom stereocenters. The molecule has 0 aliphatic heterocycles. The van der Waals surface area contributed by atoms with Crippen LogP contribution >= 0.6 is 15.9 Å². The van der Waals surface area contributed by atoms with Crippen LogP contribution in [0.3, 0.4) is 0 Å². The summed E-state index contributed by atoms with van der Waals surface area (Å²) in [6, 6.07) is 6.88. The van der Waals surface area contributed by atoms with Crippen LogP contribution in [-0.2, 0) is 17.9 Å². The number of ether oxygens (including phenoxy) is 1. The van der Waals surface area contributed by atoms with Gasteiger partial charge in [-0.05, 0) is 17.2 Å². The van der Waals surface area contributed by atoms with E-state index in [9.17, 15) is 0 Å². The monoisotopic (exact) mass is 297 g/mol. The highest BCUT2D eigenvalue weighted by Gasteiger charge is 2.02. The first-order valence-corrected chi connectivity index (χ1v) is 6.62. The highest BCUT2D eigenvalue weighted by atomic mass is 79.9. The zero-order chi connectivity index (χ0) is 12.7. The Bertz CT molecular complexity index is 363. The predicted molar refractivity (Wildman–Crippen MR) is 76.0 cm³/mol. The lowest BCUT2D eigenvalue weighted by atomic mass is 10.1. The second-order valence-electron chi connectivity index (χ2n) is 4.27. The third-order valence-corrected chi connectivity index (χ3v) is 3.06. The quantitative estimate of drug-likeness (QED) is 0.613. The summed E-state index contributed by atoms with van der Waals surface area (Å²) in [6.45, 7) is 10.0. The van der Waals surface area contributed by atoms with E-state index in [0.717, 1.165) is 11.0 Å². The van der Waals surface area contributed by atoms with Gasteiger partial charge in [0.15, 0.2) is 0 Å². The summed E-state index contributed by atoms with van der Waals surface area (Å²) < 4.78 is 6.53. The molecule has 0 spiro atoms. The van der Waals surface area contributed by atoms with Crippen LogP contribution in [-0.4, -0.2) is 12.6 Å². The fourth-order valence-electron chi connectivity index (χ4n) is 1.39. The van der Waals surface area contributed by atoms with Crippen molar-refractivity contribution in [1.29, 1.82) is 0 Å². The molecule has 94 valence electrons. The molecule has 3 heteroatoms. The van der Waals surface area contributed by atoms with Crippen molar-refractivity contribution in [3.8, 4) is 0 Å². The van der Waals surface area contributed by atoms with E-state index in [1.54, 1.807) is 6.08 Å². The van der Waals surface area contributed by atoms with Crippen LogP contribution in [0.2, 0.25) is 0 Å². The molecule has 0 amide bonds. The molecule has 0 unspecified atom stereocenters. The molecular formula is C14H20BrNO. The van der Waals surface area contributed by atoms with Crippen LogP contribution in [0.5, 0.6) is 0 Å². The van der Waals surface area contributed by atoms with E-state index in [1.807, 2.05) is 0 Å². The highest BCUT2D eigenvalue weighted by Crippen LogP contribution is 2.19. The Labute approximate surface area is 112 Å². The summed E-state index contributed by atoms with van der Waals surface area (Å²) in [5.74, 6) is 0. The molecule has 0 saturated carbocycles. The van der Waals surface area contributed by atoms with Gasteiger partial charge < -0.3 is 10.1 Å². The smallest absolute Gasteiger partial charge is 0.0732 e. The summed E-state index contributed by atoms with van der Waals surface area (Å²) in [5.41, 5.74) is 2.44. The van der Waals surface area contributed by atoms with Gasteiger partial charge in [0.2, 0.25) is 0 Å². The zero-order valence-corrected chi connectivity index (χ0v) is 12.1.